The van der Waals surface area contributed by atoms with E-state index in [-0.39, 0.29) is 11.1 Å². The van der Waals surface area contributed by atoms with E-state index in [0.717, 1.165) is 24.0 Å². The van der Waals surface area contributed by atoms with Gasteiger partial charge in [-0.3, -0.25) is 0 Å². The molecule has 4 heteroatoms. The van der Waals surface area contributed by atoms with E-state index in [4.69, 9.17) is 11.6 Å². The minimum atomic E-state index is -0.399. The van der Waals surface area contributed by atoms with Crippen LogP contribution in [0.5, 0.6) is 0 Å². The molecule has 0 bridgehead atoms. The Morgan fingerprint density at radius 3 is 2.89 bits per heavy atom. The van der Waals surface area contributed by atoms with E-state index >= 15 is 0 Å². The van der Waals surface area contributed by atoms with Gasteiger partial charge in [-0.15, -0.1) is 0 Å². The first-order chi connectivity index (χ1) is 9.15. The molecule has 1 unspecified atom stereocenters. The van der Waals surface area contributed by atoms with E-state index in [1.54, 1.807) is 6.07 Å². The Balaban J connectivity index is 1.78. The molecule has 1 aromatic carbocycles. The van der Waals surface area contributed by atoms with Gasteiger partial charge in [-0.1, -0.05) is 23.7 Å². The lowest BCUT2D eigenvalue weighted by Gasteiger charge is -2.08. The molecule has 100 valence electrons. The number of benzene rings is 1. The van der Waals surface area contributed by atoms with Crippen molar-refractivity contribution in [2.45, 2.75) is 25.5 Å². The van der Waals surface area contributed by atoms with E-state index in [2.05, 4.69) is 0 Å². The normalized spacial score (nSPS) is 16.6. The number of nitrogens with zero attached hydrogens (tertiary/aromatic N) is 1. The van der Waals surface area contributed by atoms with Crippen molar-refractivity contribution >= 4 is 11.6 Å². The highest BCUT2D eigenvalue weighted by molar-refractivity contribution is 6.31. The summed E-state index contributed by atoms with van der Waals surface area (Å²) in [5.74, 6) is 0.0122. The molecule has 1 heterocycles. The predicted octanol–water partition coefficient (Wildman–Crippen LogP) is 3.77. The molecule has 19 heavy (non-hydrogen) atoms. The topological polar surface area (TPSA) is 25.2 Å². The van der Waals surface area contributed by atoms with Crippen LogP contribution in [0.2, 0.25) is 5.02 Å². The third kappa shape index (κ3) is 2.67. The number of halogens is 2. The van der Waals surface area contributed by atoms with Crippen molar-refractivity contribution in [2.75, 3.05) is 0 Å². The van der Waals surface area contributed by atoms with Gasteiger partial charge in [-0.05, 0) is 42.0 Å². The molecule has 3 rings (SSSR count). The standard InChI is InChI=1S/C15H15ClFNO/c16-14-11(2-1-3-13(14)17)8-18-7-6-12(9-18)15(19)10-4-5-10/h1-3,6-7,9-10,15,19H,4-5,8H2. The molecular weight excluding hydrogens is 265 g/mol. The lowest BCUT2D eigenvalue weighted by atomic mass is 10.1. The first-order valence-electron chi connectivity index (χ1n) is 6.42. The largest absolute Gasteiger partial charge is 0.388 e. The number of aromatic nitrogens is 1. The van der Waals surface area contributed by atoms with Crippen molar-refractivity contribution in [1.82, 2.24) is 4.57 Å². The molecule has 0 amide bonds. The first-order valence-corrected chi connectivity index (χ1v) is 6.79. The lowest BCUT2D eigenvalue weighted by molar-refractivity contribution is 0.154. The molecule has 1 saturated carbocycles. The number of hydrogen-bond donors (Lipinski definition) is 1. The molecule has 0 aliphatic heterocycles. The Hall–Kier alpha value is -1.32. The van der Waals surface area contributed by atoms with Gasteiger partial charge >= 0.3 is 0 Å². The van der Waals surface area contributed by atoms with Crippen LogP contribution in [0.15, 0.2) is 36.7 Å². The smallest absolute Gasteiger partial charge is 0.142 e. The first kappa shape index (κ1) is 12.7. The quantitative estimate of drug-likeness (QED) is 0.905. The van der Waals surface area contributed by atoms with E-state index in [0.29, 0.717) is 12.5 Å². The van der Waals surface area contributed by atoms with Crippen LogP contribution >= 0.6 is 11.6 Å². The number of hydrogen-bond acceptors (Lipinski definition) is 1. The van der Waals surface area contributed by atoms with Crippen LogP contribution in [0, 0.1) is 11.7 Å². The lowest BCUT2D eigenvalue weighted by Crippen LogP contribution is -2.00. The Kier molecular flexibility index (Phi) is 3.33. The predicted molar refractivity (Wildman–Crippen MR) is 72.6 cm³/mol. The molecule has 1 aliphatic carbocycles. The zero-order chi connectivity index (χ0) is 13.4. The van der Waals surface area contributed by atoms with Gasteiger partial charge in [-0.25, -0.2) is 4.39 Å². The summed E-state index contributed by atoms with van der Waals surface area (Å²) < 4.78 is 15.3. The fourth-order valence-corrected chi connectivity index (χ4v) is 2.47. The van der Waals surface area contributed by atoms with Crippen molar-refractivity contribution in [3.05, 3.63) is 58.6 Å². The van der Waals surface area contributed by atoms with E-state index in [1.165, 1.54) is 6.07 Å². The summed E-state index contributed by atoms with van der Waals surface area (Å²) in [6, 6.07) is 6.72. The fourth-order valence-electron chi connectivity index (χ4n) is 2.28. The highest BCUT2D eigenvalue weighted by Gasteiger charge is 2.31. The Morgan fingerprint density at radius 1 is 1.37 bits per heavy atom. The van der Waals surface area contributed by atoms with Crippen LogP contribution in [-0.2, 0) is 6.54 Å². The summed E-state index contributed by atoms with van der Waals surface area (Å²) >= 11 is 5.94. The van der Waals surface area contributed by atoms with Crippen LogP contribution in [-0.4, -0.2) is 9.67 Å². The molecule has 1 fully saturated rings. The maximum absolute atomic E-state index is 13.3. The molecule has 0 saturated heterocycles. The Labute approximate surface area is 116 Å². The highest BCUT2D eigenvalue weighted by Crippen LogP contribution is 2.40. The molecule has 2 nitrogen and oxygen atoms in total. The van der Waals surface area contributed by atoms with Crippen LogP contribution in [0.4, 0.5) is 4.39 Å². The number of aliphatic hydroxyl groups excluding tert-OH is 1. The highest BCUT2D eigenvalue weighted by atomic mass is 35.5. The second kappa shape index (κ2) is 4.99. The van der Waals surface area contributed by atoms with Gasteiger partial charge in [0.05, 0.1) is 11.1 Å². The summed E-state index contributed by atoms with van der Waals surface area (Å²) in [6.07, 6.45) is 5.63. The van der Waals surface area contributed by atoms with Gasteiger partial charge < -0.3 is 9.67 Å². The Morgan fingerprint density at radius 2 is 2.16 bits per heavy atom. The van der Waals surface area contributed by atoms with Gasteiger partial charge in [0.25, 0.3) is 0 Å². The van der Waals surface area contributed by atoms with E-state index in [1.807, 2.05) is 29.1 Å². The third-order valence-corrected chi connectivity index (χ3v) is 3.99. The minimum absolute atomic E-state index is 0.167. The molecule has 0 spiro atoms. The summed E-state index contributed by atoms with van der Waals surface area (Å²) in [5, 5.41) is 10.2. The summed E-state index contributed by atoms with van der Waals surface area (Å²) in [5.41, 5.74) is 1.67. The van der Waals surface area contributed by atoms with E-state index in [9.17, 15) is 9.50 Å². The molecule has 1 N–H and O–H groups in total. The van der Waals surface area contributed by atoms with Gasteiger partial charge in [0.1, 0.15) is 5.82 Å². The summed E-state index contributed by atoms with van der Waals surface area (Å²) in [6.45, 7) is 0.508. The van der Waals surface area contributed by atoms with Crippen LogP contribution in [0.25, 0.3) is 0 Å². The second-order valence-electron chi connectivity index (χ2n) is 5.11. The van der Waals surface area contributed by atoms with Crippen molar-refractivity contribution in [2.24, 2.45) is 5.92 Å². The molecular formula is C15H15ClFNO. The zero-order valence-corrected chi connectivity index (χ0v) is 11.1. The monoisotopic (exact) mass is 279 g/mol. The molecule has 1 aliphatic rings. The number of rotatable bonds is 4. The molecule has 0 radical (unpaired) electrons. The molecule has 2 aromatic rings. The Bertz CT molecular complexity index is 592. The second-order valence-corrected chi connectivity index (χ2v) is 5.49. The maximum atomic E-state index is 13.3. The van der Waals surface area contributed by atoms with Crippen molar-refractivity contribution in [3.8, 4) is 0 Å². The summed E-state index contributed by atoms with van der Waals surface area (Å²) in [4.78, 5) is 0. The van der Waals surface area contributed by atoms with E-state index < -0.39 is 5.82 Å². The molecule has 1 atom stereocenters. The van der Waals surface area contributed by atoms with Crippen LogP contribution in [0.1, 0.15) is 30.1 Å². The minimum Gasteiger partial charge on any atom is -0.388 e. The van der Waals surface area contributed by atoms with Crippen molar-refractivity contribution in [3.63, 3.8) is 0 Å². The number of aliphatic hydroxyl groups is 1. The van der Waals surface area contributed by atoms with Gasteiger partial charge in [-0.2, -0.15) is 0 Å². The maximum Gasteiger partial charge on any atom is 0.142 e. The SMILES string of the molecule is OC(c1ccn(Cc2cccc(F)c2Cl)c1)C1CC1. The average Bonchev–Trinajstić information content (AvgIpc) is 3.14. The molecule has 1 aromatic heterocycles. The van der Waals surface area contributed by atoms with Crippen LogP contribution in [0.3, 0.4) is 0 Å². The fraction of sp³-hybridized carbons (Fsp3) is 0.333. The van der Waals surface area contributed by atoms with Crippen molar-refractivity contribution < 1.29 is 9.50 Å². The summed E-state index contributed by atoms with van der Waals surface area (Å²) in [7, 11) is 0. The van der Waals surface area contributed by atoms with Crippen LogP contribution < -0.4 is 0 Å². The van der Waals surface area contributed by atoms with Gasteiger partial charge in [0, 0.05) is 18.9 Å². The third-order valence-electron chi connectivity index (χ3n) is 3.57. The van der Waals surface area contributed by atoms with Gasteiger partial charge in [0.2, 0.25) is 0 Å². The zero-order valence-electron chi connectivity index (χ0n) is 10.4. The average molecular weight is 280 g/mol. The van der Waals surface area contributed by atoms with Gasteiger partial charge in [0.15, 0.2) is 0 Å². The van der Waals surface area contributed by atoms with Crippen molar-refractivity contribution in [1.29, 1.82) is 0 Å².